The van der Waals surface area contributed by atoms with E-state index in [2.05, 4.69) is 9.46 Å². The van der Waals surface area contributed by atoms with Crippen molar-refractivity contribution in [1.29, 1.82) is 0 Å². The van der Waals surface area contributed by atoms with E-state index in [-0.39, 0.29) is 24.1 Å². The maximum Gasteiger partial charge on any atom is 0.307 e. The van der Waals surface area contributed by atoms with Gasteiger partial charge in [-0.25, -0.2) is 4.39 Å². The Labute approximate surface area is 149 Å². The number of ether oxygens (including phenoxy) is 1. The molecule has 2 atom stereocenters. The first-order valence-corrected chi connectivity index (χ1v) is 8.82. The van der Waals surface area contributed by atoms with Crippen LogP contribution in [-0.4, -0.2) is 27.3 Å². The van der Waals surface area contributed by atoms with Gasteiger partial charge in [-0.05, 0) is 33.3 Å². The molecule has 0 fully saturated rings. The highest BCUT2D eigenvalue weighted by molar-refractivity contribution is 7.90. The normalized spacial score (nSPS) is 15.3. The van der Waals surface area contributed by atoms with Gasteiger partial charge in [0, 0.05) is 29.1 Å². The van der Waals surface area contributed by atoms with Crippen molar-refractivity contribution in [3.8, 4) is 0 Å². The Morgan fingerprint density at radius 1 is 1.40 bits per heavy atom. The maximum atomic E-state index is 14.5. The Hall–Kier alpha value is -1.71. The Bertz CT molecular complexity index is 650. The van der Waals surface area contributed by atoms with Gasteiger partial charge in [-0.15, -0.1) is 4.72 Å². The van der Waals surface area contributed by atoms with Gasteiger partial charge in [0.15, 0.2) is 0 Å². The molecule has 0 bridgehead atoms. The van der Waals surface area contributed by atoms with Crippen molar-refractivity contribution in [3.63, 3.8) is 0 Å². The molecule has 0 aromatic heterocycles. The van der Waals surface area contributed by atoms with Crippen LogP contribution in [0.2, 0.25) is 0 Å². The summed E-state index contributed by atoms with van der Waals surface area (Å²) >= 11 is -1.65. The summed E-state index contributed by atoms with van der Waals surface area (Å²) < 4.78 is 33.9. The van der Waals surface area contributed by atoms with E-state index in [1.54, 1.807) is 27.7 Å². The topological polar surface area (TPSA) is 105 Å². The molecule has 7 nitrogen and oxygen atoms in total. The average molecular weight is 374 g/mol. The third kappa shape index (κ3) is 5.13. The molecule has 0 amide bonds. The van der Waals surface area contributed by atoms with Crippen LogP contribution >= 0.6 is 0 Å². The number of nitro benzene ring substituents is 1. The molecule has 0 aliphatic heterocycles. The minimum absolute atomic E-state index is 0.0906. The minimum Gasteiger partial charge on any atom is -0.598 e. The predicted molar refractivity (Wildman–Crippen MR) is 92.7 cm³/mol. The van der Waals surface area contributed by atoms with Crippen molar-refractivity contribution in [2.45, 2.75) is 50.8 Å². The predicted octanol–water partition coefficient (Wildman–Crippen LogP) is 2.95. The first kappa shape index (κ1) is 21.3. The number of hydrogen-bond donors (Lipinski definition) is 1. The number of esters is 1. The van der Waals surface area contributed by atoms with E-state index in [1.807, 2.05) is 0 Å². The van der Waals surface area contributed by atoms with E-state index in [0.717, 1.165) is 18.2 Å². The quantitative estimate of drug-likeness (QED) is 0.340. The number of rotatable bonds is 7. The fourth-order valence-corrected chi connectivity index (χ4v) is 3.20. The highest BCUT2D eigenvalue weighted by Crippen LogP contribution is 2.35. The molecule has 1 rings (SSSR count). The molecule has 0 aliphatic carbocycles. The lowest BCUT2D eigenvalue weighted by Gasteiger charge is -2.36. The van der Waals surface area contributed by atoms with Gasteiger partial charge in [0.25, 0.3) is 5.69 Å². The number of hydrogen-bond acceptors (Lipinski definition) is 6. The third-order valence-corrected chi connectivity index (χ3v) is 5.49. The van der Waals surface area contributed by atoms with Gasteiger partial charge in [-0.2, -0.15) is 0 Å². The molecule has 0 spiro atoms. The van der Waals surface area contributed by atoms with Crippen molar-refractivity contribution in [2.24, 2.45) is 0 Å². The largest absolute Gasteiger partial charge is 0.598 e. The summed E-state index contributed by atoms with van der Waals surface area (Å²) in [6.07, 6.45) is -0.151. The van der Waals surface area contributed by atoms with E-state index in [1.165, 1.54) is 7.11 Å². The molecule has 0 unspecified atom stereocenters. The Kier molecular flexibility index (Phi) is 6.92. The van der Waals surface area contributed by atoms with Crippen LogP contribution in [0.15, 0.2) is 18.2 Å². The lowest BCUT2D eigenvalue weighted by molar-refractivity contribution is -0.385. The van der Waals surface area contributed by atoms with Gasteiger partial charge in [0.05, 0.1) is 18.5 Å². The zero-order valence-corrected chi connectivity index (χ0v) is 15.7. The Morgan fingerprint density at radius 3 is 2.44 bits per heavy atom. The van der Waals surface area contributed by atoms with Crippen molar-refractivity contribution < 1.29 is 23.4 Å². The van der Waals surface area contributed by atoms with Gasteiger partial charge < -0.3 is 9.29 Å². The lowest BCUT2D eigenvalue weighted by Crippen LogP contribution is -2.52. The van der Waals surface area contributed by atoms with Crippen LogP contribution in [0.4, 0.5) is 10.1 Å². The van der Waals surface area contributed by atoms with Crippen LogP contribution in [0.1, 0.15) is 46.1 Å². The molecule has 0 saturated heterocycles. The molecule has 0 heterocycles. The number of carbonyl (C=O) groups excluding carboxylic acids is 1. The molecule has 0 aliphatic rings. The molecule has 1 aromatic carbocycles. The standard InChI is InChI=1S/C16H23FN2O5S/c1-6-16(10-14(20)24-5,18-25(23)15(2,3)4)12-9-11(19(21)22)7-8-13(12)17/h7-9,18H,6,10H2,1-5H3/t16-,25+/m0/s1. The molecular formula is C16H23FN2O5S. The summed E-state index contributed by atoms with van der Waals surface area (Å²) in [5.41, 5.74) is -1.81. The number of nitrogens with zero attached hydrogens (tertiary/aromatic N) is 1. The summed E-state index contributed by atoms with van der Waals surface area (Å²) in [6.45, 7) is 6.84. The molecular weight excluding hydrogens is 351 g/mol. The first-order chi connectivity index (χ1) is 11.5. The number of halogens is 1. The summed E-state index contributed by atoms with van der Waals surface area (Å²) in [5, 5.41) is 11.1. The average Bonchev–Trinajstić information content (AvgIpc) is 2.53. The van der Waals surface area contributed by atoms with Crippen LogP contribution in [-0.2, 0) is 26.4 Å². The van der Waals surface area contributed by atoms with Gasteiger partial charge in [-0.1, -0.05) is 6.92 Å². The number of carbonyl (C=O) groups is 1. The van der Waals surface area contributed by atoms with Gasteiger partial charge in [0.1, 0.15) is 16.1 Å². The summed E-state index contributed by atoms with van der Waals surface area (Å²) in [7, 11) is 1.19. The second-order valence-electron chi connectivity index (χ2n) is 6.59. The van der Waals surface area contributed by atoms with E-state index < -0.39 is 38.4 Å². The summed E-state index contributed by atoms with van der Waals surface area (Å²) in [5.74, 6) is -1.37. The molecule has 0 radical (unpaired) electrons. The number of non-ortho nitro benzene ring substituents is 1. The van der Waals surface area contributed by atoms with Crippen molar-refractivity contribution in [2.75, 3.05) is 7.11 Å². The monoisotopic (exact) mass is 374 g/mol. The third-order valence-electron chi connectivity index (χ3n) is 3.80. The van der Waals surface area contributed by atoms with E-state index >= 15 is 0 Å². The van der Waals surface area contributed by atoms with E-state index in [9.17, 15) is 23.9 Å². The van der Waals surface area contributed by atoms with Crippen LogP contribution in [0.5, 0.6) is 0 Å². The SMILES string of the molecule is CC[C@@](CC(=O)OC)(N[S@+]([O-])C(C)(C)C)c1cc([N+](=O)[O-])ccc1F. The highest BCUT2D eigenvalue weighted by Gasteiger charge is 2.43. The fourth-order valence-electron chi connectivity index (χ4n) is 2.22. The second-order valence-corrected chi connectivity index (χ2v) is 8.56. The fraction of sp³-hybridized carbons (Fsp3) is 0.562. The van der Waals surface area contributed by atoms with Gasteiger partial charge in [0.2, 0.25) is 0 Å². The second kappa shape index (κ2) is 8.11. The number of nitrogens with one attached hydrogen (secondary N) is 1. The molecule has 140 valence electrons. The number of methoxy groups -OCH3 is 1. The molecule has 1 N–H and O–H groups in total. The summed E-state index contributed by atoms with van der Waals surface area (Å²) in [6, 6.07) is 3.07. The zero-order chi connectivity index (χ0) is 19.4. The van der Waals surface area contributed by atoms with E-state index in [4.69, 9.17) is 0 Å². The van der Waals surface area contributed by atoms with Gasteiger partial charge >= 0.3 is 5.97 Å². The zero-order valence-electron chi connectivity index (χ0n) is 14.9. The first-order valence-electron chi connectivity index (χ1n) is 7.67. The number of nitro groups is 1. The lowest BCUT2D eigenvalue weighted by atomic mass is 9.84. The van der Waals surface area contributed by atoms with Crippen LogP contribution in [0.3, 0.4) is 0 Å². The molecule has 25 heavy (non-hydrogen) atoms. The number of benzene rings is 1. The molecule has 0 saturated carbocycles. The van der Waals surface area contributed by atoms with Crippen LogP contribution < -0.4 is 4.72 Å². The van der Waals surface area contributed by atoms with Gasteiger partial charge in [-0.3, -0.25) is 14.9 Å². The van der Waals surface area contributed by atoms with Crippen molar-refractivity contribution >= 4 is 23.0 Å². The maximum absolute atomic E-state index is 14.5. The molecule has 1 aromatic rings. The van der Waals surface area contributed by atoms with Crippen LogP contribution in [0.25, 0.3) is 0 Å². The molecule has 9 heteroatoms. The van der Waals surface area contributed by atoms with Crippen LogP contribution in [0, 0.1) is 15.9 Å². The summed E-state index contributed by atoms with van der Waals surface area (Å²) in [4.78, 5) is 22.3. The Morgan fingerprint density at radius 2 is 2.00 bits per heavy atom. The van der Waals surface area contributed by atoms with E-state index in [0.29, 0.717) is 0 Å². The van der Waals surface area contributed by atoms with Crippen molar-refractivity contribution in [3.05, 3.63) is 39.7 Å². The van der Waals surface area contributed by atoms with Crippen molar-refractivity contribution in [1.82, 2.24) is 4.72 Å². The minimum atomic E-state index is -1.65. The smallest absolute Gasteiger partial charge is 0.307 e. The highest BCUT2D eigenvalue weighted by atomic mass is 32.2. The Balaban J connectivity index is 3.51.